The maximum atomic E-state index is 13.1. The molecule has 2 heterocycles. The molecule has 0 atom stereocenters. The van der Waals surface area contributed by atoms with Crippen molar-refractivity contribution >= 4 is 34.5 Å². The van der Waals surface area contributed by atoms with Gasteiger partial charge in [-0.3, -0.25) is 9.36 Å². The third kappa shape index (κ3) is 4.52. The van der Waals surface area contributed by atoms with Crippen molar-refractivity contribution in [3.05, 3.63) is 83.3 Å². The standard InChI is InChI=1S/C23H21FN4OS/c1-15-5-10-19(12-16(15)2)26-21(29)13-28-22-20(4-3-11-25-22)27-23(28)30-14-17-6-8-18(24)9-7-17/h3-12H,13-14H2,1-2H3,(H,26,29). The highest BCUT2D eigenvalue weighted by Crippen LogP contribution is 2.26. The van der Waals surface area contributed by atoms with Crippen LogP contribution in [0.4, 0.5) is 10.1 Å². The number of nitrogens with zero attached hydrogens (tertiary/aromatic N) is 3. The van der Waals surface area contributed by atoms with Gasteiger partial charge in [-0.15, -0.1) is 0 Å². The van der Waals surface area contributed by atoms with E-state index in [1.54, 1.807) is 18.3 Å². The topological polar surface area (TPSA) is 59.8 Å². The molecule has 0 bridgehead atoms. The van der Waals surface area contributed by atoms with Crippen LogP contribution in [0, 0.1) is 19.7 Å². The second-order valence-corrected chi connectivity index (χ2v) is 8.03. The van der Waals surface area contributed by atoms with Crippen LogP contribution in [0.2, 0.25) is 0 Å². The number of aryl methyl sites for hydroxylation is 2. The number of amides is 1. The summed E-state index contributed by atoms with van der Waals surface area (Å²) in [6.07, 6.45) is 1.69. The van der Waals surface area contributed by atoms with E-state index in [1.165, 1.54) is 29.5 Å². The largest absolute Gasteiger partial charge is 0.325 e. The first-order valence-corrected chi connectivity index (χ1v) is 10.5. The fourth-order valence-electron chi connectivity index (χ4n) is 3.08. The minimum Gasteiger partial charge on any atom is -0.325 e. The summed E-state index contributed by atoms with van der Waals surface area (Å²) in [7, 11) is 0. The van der Waals surface area contributed by atoms with E-state index >= 15 is 0 Å². The third-order valence-corrected chi connectivity index (χ3v) is 5.89. The van der Waals surface area contributed by atoms with E-state index in [0.717, 1.165) is 22.3 Å². The van der Waals surface area contributed by atoms with Crippen molar-refractivity contribution in [1.82, 2.24) is 14.5 Å². The number of carbonyl (C=O) groups is 1. The van der Waals surface area contributed by atoms with Crippen molar-refractivity contribution < 1.29 is 9.18 Å². The van der Waals surface area contributed by atoms with Gasteiger partial charge in [0.2, 0.25) is 5.91 Å². The zero-order chi connectivity index (χ0) is 21.1. The molecular weight excluding hydrogens is 399 g/mol. The Labute approximate surface area is 178 Å². The molecule has 0 aliphatic rings. The Morgan fingerprint density at radius 1 is 1.10 bits per heavy atom. The van der Waals surface area contributed by atoms with Crippen molar-refractivity contribution in [2.24, 2.45) is 0 Å². The maximum Gasteiger partial charge on any atom is 0.244 e. The molecule has 2 aromatic heterocycles. The number of nitrogens with one attached hydrogen (secondary N) is 1. The van der Waals surface area contributed by atoms with Crippen molar-refractivity contribution in [2.45, 2.75) is 31.3 Å². The summed E-state index contributed by atoms with van der Waals surface area (Å²) in [6.45, 7) is 4.16. The number of thioether (sulfide) groups is 1. The lowest BCUT2D eigenvalue weighted by atomic mass is 10.1. The summed E-state index contributed by atoms with van der Waals surface area (Å²) in [4.78, 5) is 21.8. The molecule has 0 saturated carbocycles. The highest BCUT2D eigenvalue weighted by Gasteiger charge is 2.15. The molecule has 4 rings (SSSR count). The van der Waals surface area contributed by atoms with Gasteiger partial charge < -0.3 is 5.32 Å². The fraction of sp³-hybridized carbons (Fsp3) is 0.174. The van der Waals surface area contributed by atoms with Gasteiger partial charge in [-0.2, -0.15) is 0 Å². The van der Waals surface area contributed by atoms with Gasteiger partial charge in [0, 0.05) is 17.6 Å². The summed E-state index contributed by atoms with van der Waals surface area (Å²) in [5, 5.41) is 3.65. The maximum absolute atomic E-state index is 13.1. The van der Waals surface area contributed by atoms with Crippen LogP contribution >= 0.6 is 11.8 Å². The number of carbonyl (C=O) groups excluding carboxylic acids is 1. The third-order valence-electron chi connectivity index (χ3n) is 4.84. The van der Waals surface area contributed by atoms with E-state index in [-0.39, 0.29) is 18.3 Å². The van der Waals surface area contributed by atoms with Crippen LogP contribution in [0.5, 0.6) is 0 Å². The molecule has 152 valence electrons. The zero-order valence-electron chi connectivity index (χ0n) is 16.7. The van der Waals surface area contributed by atoms with E-state index < -0.39 is 0 Å². The first-order valence-electron chi connectivity index (χ1n) is 9.55. The lowest BCUT2D eigenvalue weighted by Crippen LogP contribution is -2.19. The number of hydrogen-bond acceptors (Lipinski definition) is 4. The molecular formula is C23H21FN4OS. The molecule has 4 aromatic rings. The average Bonchev–Trinajstić information content (AvgIpc) is 3.08. The van der Waals surface area contributed by atoms with Crippen LogP contribution in [-0.2, 0) is 17.1 Å². The number of aromatic nitrogens is 3. The molecule has 0 spiro atoms. The molecule has 0 radical (unpaired) electrons. The summed E-state index contributed by atoms with van der Waals surface area (Å²) in [5.41, 5.74) is 5.44. The van der Waals surface area contributed by atoms with Gasteiger partial charge in [0.05, 0.1) is 0 Å². The van der Waals surface area contributed by atoms with Crippen LogP contribution in [0.25, 0.3) is 11.2 Å². The fourth-order valence-corrected chi connectivity index (χ4v) is 4.04. The summed E-state index contributed by atoms with van der Waals surface area (Å²) < 4.78 is 15.0. The van der Waals surface area contributed by atoms with E-state index in [4.69, 9.17) is 0 Å². The number of benzene rings is 2. The van der Waals surface area contributed by atoms with Gasteiger partial charge in [0.1, 0.15) is 17.9 Å². The SMILES string of the molecule is Cc1ccc(NC(=O)Cn2c(SCc3ccc(F)cc3)nc3cccnc32)cc1C. The number of pyridine rings is 1. The lowest BCUT2D eigenvalue weighted by molar-refractivity contribution is -0.116. The summed E-state index contributed by atoms with van der Waals surface area (Å²) >= 11 is 1.49. The molecule has 0 saturated heterocycles. The smallest absolute Gasteiger partial charge is 0.244 e. The van der Waals surface area contributed by atoms with Crippen LogP contribution < -0.4 is 5.32 Å². The van der Waals surface area contributed by atoms with E-state index in [0.29, 0.717) is 16.6 Å². The summed E-state index contributed by atoms with van der Waals surface area (Å²) in [6, 6.07) is 15.9. The molecule has 1 amide bonds. The van der Waals surface area contributed by atoms with Crippen LogP contribution in [0.3, 0.4) is 0 Å². The van der Waals surface area contributed by atoms with E-state index in [9.17, 15) is 9.18 Å². The monoisotopic (exact) mass is 420 g/mol. The molecule has 1 N–H and O–H groups in total. The van der Waals surface area contributed by atoms with Crippen molar-refractivity contribution in [3.8, 4) is 0 Å². The number of fused-ring (bicyclic) bond motifs is 1. The van der Waals surface area contributed by atoms with Gasteiger partial charge in [-0.25, -0.2) is 14.4 Å². The van der Waals surface area contributed by atoms with Gasteiger partial charge in [-0.1, -0.05) is 30.0 Å². The van der Waals surface area contributed by atoms with Crippen LogP contribution in [0.15, 0.2) is 66.0 Å². The Balaban J connectivity index is 1.55. The normalized spacial score (nSPS) is 11.0. The Bertz CT molecular complexity index is 1200. The average molecular weight is 421 g/mol. The second-order valence-electron chi connectivity index (χ2n) is 7.09. The van der Waals surface area contributed by atoms with E-state index in [1.807, 2.05) is 48.7 Å². The zero-order valence-corrected chi connectivity index (χ0v) is 17.5. The van der Waals surface area contributed by atoms with Crippen LogP contribution in [0.1, 0.15) is 16.7 Å². The predicted molar refractivity (Wildman–Crippen MR) is 118 cm³/mol. The minimum absolute atomic E-state index is 0.103. The molecule has 0 fully saturated rings. The Kier molecular flexibility index (Phi) is 5.81. The van der Waals surface area contributed by atoms with Crippen molar-refractivity contribution in [3.63, 3.8) is 0 Å². The highest BCUT2D eigenvalue weighted by molar-refractivity contribution is 7.98. The van der Waals surface area contributed by atoms with E-state index in [2.05, 4.69) is 15.3 Å². The molecule has 30 heavy (non-hydrogen) atoms. The van der Waals surface area contributed by atoms with Gasteiger partial charge in [0.15, 0.2) is 10.8 Å². The Hall–Kier alpha value is -3.19. The Morgan fingerprint density at radius 2 is 1.90 bits per heavy atom. The molecule has 7 heteroatoms. The highest BCUT2D eigenvalue weighted by atomic mass is 32.2. The quantitative estimate of drug-likeness (QED) is 0.440. The Morgan fingerprint density at radius 3 is 2.67 bits per heavy atom. The molecule has 0 unspecified atom stereocenters. The van der Waals surface area contributed by atoms with Crippen molar-refractivity contribution in [1.29, 1.82) is 0 Å². The van der Waals surface area contributed by atoms with Crippen molar-refractivity contribution in [2.75, 3.05) is 5.32 Å². The number of imidazole rings is 1. The number of anilines is 1. The number of hydrogen-bond donors (Lipinski definition) is 1. The molecule has 2 aromatic carbocycles. The molecule has 5 nitrogen and oxygen atoms in total. The first-order chi connectivity index (χ1) is 14.5. The first kappa shape index (κ1) is 20.1. The predicted octanol–water partition coefficient (Wildman–Crippen LogP) is 5.12. The lowest BCUT2D eigenvalue weighted by Gasteiger charge is -2.10. The molecule has 0 aliphatic carbocycles. The van der Waals surface area contributed by atoms with Gasteiger partial charge in [0.25, 0.3) is 0 Å². The van der Waals surface area contributed by atoms with Gasteiger partial charge >= 0.3 is 0 Å². The molecule has 0 aliphatic heterocycles. The van der Waals surface area contributed by atoms with Gasteiger partial charge in [-0.05, 0) is 66.9 Å². The number of rotatable bonds is 6. The number of halogens is 1. The minimum atomic E-state index is -0.261. The second kappa shape index (κ2) is 8.67. The summed E-state index contributed by atoms with van der Waals surface area (Å²) in [5.74, 6) is 0.206. The van der Waals surface area contributed by atoms with Crippen LogP contribution in [-0.4, -0.2) is 20.4 Å².